The normalized spacial score (nSPS) is 11.8. The van der Waals surface area contributed by atoms with Crippen LogP contribution in [0.15, 0.2) is 97.1 Å². The molecule has 1 heterocycles. The van der Waals surface area contributed by atoms with Crippen molar-refractivity contribution in [3.63, 3.8) is 0 Å². The minimum atomic E-state index is -0.527. The van der Waals surface area contributed by atoms with E-state index in [1.54, 1.807) is 37.4 Å². The second-order valence-corrected chi connectivity index (χ2v) is 8.67. The van der Waals surface area contributed by atoms with Crippen LogP contribution in [-0.4, -0.2) is 23.1 Å². The zero-order chi connectivity index (χ0) is 24.4. The van der Waals surface area contributed by atoms with Gasteiger partial charge in [0.2, 0.25) is 0 Å². The van der Waals surface area contributed by atoms with Crippen molar-refractivity contribution in [1.29, 1.82) is 0 Å². The molecule has 0 aliphatic heterocycles. The van der Waals surface area contributed by atoms with Crippen LogP contribution in [0, 0.1) is 0 Å². The first kappa shape index (κ1) is 22.6. The summed E-state index contributed by atoms with van der Waals surface area (Å²) in [6, 6.07) is 29.1. The van der Waals surface area contributed by atoms with Gasteiger partial charge in [-0.2, -0.15) is 0 Å². The molecule has 0 fully saturated rings. The third-order valence-corrected chi connectivity index (χ3v) is 6.20. The van der Waals surface area contributed by atoms with Gasteiger partial charge >= 0.3 is 0 Å². The standard InChI is InChI=1S/C29H23ClN2O3/c1-35-27-14-11-22(30)17-24(27)28(26-16-20-5-2-3-8-25(20)31-26)32-29(34)21-7-4-6-19(15-21)18-9-12-23(33)13-10-18/h2-17,28,31,33H,1H3,(H,32,34)/t28-/m1/s1. The fourth-order valence-electron chi connectivity index (χ4n) is 4.21. The number of phenolic OH excluding ortho intramolecular Hbond substituents is 1. The number of hydrogen-bond acceptors (Lipinski definition) is 3. The summed E-state index contributed by atoms with van der Waals surface area (Å²) in [4.78, 5) is 16.9. The lowest BCUT2D eigenvalue weighted by atomic mass is 10.00. The van der Waals surface area contributed by atoms with Gasteiger partial charge in [0.1, 0.15) is 11.5 Å². The summed E-state index contributed by atoms with van der Waals surface area (Å²) in [7, 11) is 1.60. The van der Waals surface area contributed by atoms with Crippen LogP contribution < -0.4 is 10.1 Å². The van der Waals surface area contributed by atoms with Gasteiger partial charge in [-0.25, -0.2) is 0 Å². The Hall–Kier alpha value is -4.22. The van der Waals surface area contributed by atoms with E-state index in [0.717, 1.165) is 33.3 Å². The van der Waals surface area contributed by atoms with Crippen LogP contribution >= 0.6 is 11.6 Å². The number of hydrogen-bond donors (Lipinski definition) is 3. The number of rotatable bonds is 6. The molecule has 1 aromatic heterocycles. The maximum atomic E-state index is 13.5. The quantitative estimate of drug-likeness (QED) is 0.251. The van der Waals surface area contributed by atoms with Crippen LogP contribution in [0.1, 0.15) is 27.7 Å². The molecule has 5 rings (SSSR count). The molecule has 0 aliphatic carbocycles. The highest BCUT2D eigenvalue weighted by Crippen LogP contribution is 2.34. The van der Waals surface area contributed by atoms with Crippen LogP contribution in [0.3, 0.4) is 0 Å². The zero-order valence-corrected chi connectivity index (χ0v) is 19.7. The third-order valence-electron chi connectivity index (χ3n) is 5.97. The van der Waals surface area contributed by atoms with Crippen molar-refractivity contribution < 1.29 is 14.6 Å². The second-order valence-electron chi connectivity index (χ2n) is 8.23. The molecule has 4 aromatic carbocycles. The largest absolute Gasteiger partial charge is 0.508 e. The first-order valence-electron chi connectivity index (χ1n) is 11.1. The van der Waals surface area contributed by atoms with E-state index in [2.05, 4.69) is 10.3 Å². The lowest BCUT2D eigenvalue weighted by molar-refractivity contribution is 0.0942. The second kappa shape index (κ2) is 9.57. The average molecular weight is 483 g/mol. The molecule has 0 aliphatic rings. The summed E-state index contributed by atoms with van der Waals surface area (Å²) in [5, 5.41) is 14.3. The molecule has 174 valence electrons. The molecule has 5 aromatic rings. The molecule has 3 N–H and O–H groups in total. The molecule has 1 amide bonds. The van der Waals surface area contributed by atoms with E-state index >= 15 is 0 Å². The summed E-state index contributed by atoms with van der Waals surface area (Å²) < 4.78 is 5.61. The number of phenols is 1. The highest BCUT2D eigenvalue weighted by atomic mass is 35.5. The average Bonchev–Trinajstić information content (AvgIpc) is 3.31. The summed E-state index contributed by atoms with van der Waals surface area (Å²) in [6.07, 6.45) is 0. The van der Waals surface area contributed by atoms with Crippen molar-refractivity contribution in [2.24, 2.45) is 0 Å². The molecule has 5 nitrogen and oxygen atoms in total. The Kier molecular flexibility index (Phi) is 6.17. The molecule has 0 spiro atoms. The Morgan fingerprint density at radius 2 is 1.71 bits per heavy atom. The van der Waals surface area contributed by atoms with E-state index in [4.69, 9.17) is 16.3 Å². The monoisotopic (exact) mass is 482 g/mol. The predicted octanol–water partition coefficient (Wildman–Crippen LogP) is 6.72. The van der Waals surface area contributed by atoms with Crippen LogP contribution in [0.2, 0.25) is 5.02 Å². The Morgan fingerprint density at radius 1 is 0.914 bits per heavy atom. The van der Waals surface area contributed by atoms with Crippen LogP contribution in [0.5, 0.6) is 11.5 Å². The lowest BCUT2D eigenvalue weighted by Crippen LogP contribution is -2.30. The van der Waals surface area contributed by atoms with Gasteiger partial charge in [-0.3, -0.25) is 4.79 Å². The van der Waals surface area contributed by atoms with E-state index in [1.165, 1.54) is 0 Å². The highest BCUT2D eigenvalue weighted by molar-refractivity contribution is 6.30. The minimum absolute atomic E-state index is 0.194. The number of aromatic hydroxyl groups is 1. The van der Waals surface area contributed by atoms with Gasteiger partial charge in [-0.15, -0.1) is 0 Å². The molecule has 1 atom stereocenters. The van der Waals surface area contributed by atoms with Crippen molar-refractivity contribution in [1.82, 2.24) is 10.3 Å². The summed E-state index contributed by atoms with van der Waals surface area (Å²) >= 11 is 6.34. The van der Waals surface area contributed by atoms with E-state index < -0.39 is 6.04 Å². The first-order chi connectivity index (χ1) is 17.0. The Morgan fingerprint density at radius 3 is 2.49 bits per heavy atom. The number of carbonyl (C=O) groups is 1. The summed E-state index contributed by atoms with van der Waals surface area (Å²) in [5.74, 6) is 0.576. The molecule has 0 unspecified atom stereocenters. The Balaban J connectivity index is 1.54. The van der Waals surface area contributed by atoms with E-state index in [-0.39, 0.29) is 11.7 Å². The van der Waals surface area contributed by atoms with E-state index in [1.807, 2.05) is 66.7 Å². The van der Waals surface area contributed by atoms with E-state index in [0.29, 0.717) is 16.3 Å². The molecular weight excluding hydrogens is 460 g/mol. The van der Waals surface area contributed by atoms with Crippen molar-refractivity contribution in [2.75, 3.05) is 7.11 Å². The topological polar surface area (TPSA) is 74.3 Å². The number of aromatic nitrogens is 1. The minimum Gasteiger partial charge on any atom is -0.508 e. The summed E-state index contributed by atoms with van der Waals surface area (Å²) in [6.45, 7) is 0. The maximum Gasteiger partial charge on any atom is 0.252 e. The van der Waals surface area contributed by atoms with Gasteiger partial charge in [-0.1, -0.05) is 54.1 Å². The lowest BCUT2D eigenvalue weighted by Gasteiger charge is -2.21. The fraction of sp³-hybridized carbons (Fsp3) is 0.0690. The molecule has 35 heavy (non-hydrogen) atoms. The number of fused-ring (bicyclic) bond motifs is 1. The van der Waals surface area contributed by atoms with E-state index in [9.17, 15) is 9.90 Å². The number of ether oxygens (including phenoxy) is 1. The van der Waals surface area contributed by atoms with Gasteiger partial charge in [0.15, 0.2) is 0 Å². The number of benzene rings is 4. The van der Waals surface area contributed by atoms with Crippen LogP contribution in [0.4, 0.5) is 0 Å². The molecular formula is C29H23ClN2O3. The summed E-state index contributed by atoms with van der Waals surface area (Å²) in [5.41, 5.74) is 4.82. The highest BCUT2D eigenvalue weighted by Gasteiger charge is 2.24. The molecule has 6 heteroatoms. The number of nitrogens with one attached hydrogen (secondary N) is 2. The van der Waals surface area contributed by atoms with Gasteiger partial charge in [0.25, 0.3) is 5.91 Å². The fourth-order valence-corrected chi connectivity index (χ4v) is 4.39. The number of carbonyl (C=O) groups excluding carboxylic acids is 1. The van der Waals surface area contributed by atoms with Crippen LogP contribution in [-0.2, 0) is 0 Å². The maximum absolute atomic E-state index is 13.5. The smallest absolute Gasteiger partial charge is 0.252 e. The SMILES string of the molecule is COc1ccc(Cl)cc1[C@@H](NC(=O)c1cccc(-c2ccc(O)cc2)c1)c1cc2ccccc2[nH]1. The number of methoxy groups -OCH3 is 1. The molecule has 0 saturated heterocycles. The Labute approximate surface area is 208 Å². The molecule has 0 saturated carbocycles. The zero-order valence-electron chi connectivity index (χ0n) is 19.0. The third kappa shape index (κ3) is 4.72. The molecule has 0 bridgehead atoms. The Bertz CT molecular complexity index is 1480. The predicted molar refractivity (Wildman–Crippen MR) is 139 cm³/mol. The number of aromatic amines is 1. The number of halogens is 1. The number of para-hydroxylation sites is 1. The van der Waals surface area contributed by atoms with Gasteiger partial charge in [-0.05, 0) is 71.1 Å². The van der Waals surface area contributed by atoms with Crippen molar-refractivity contribution >= 4 is 28.4 Å². The van der Waals surface area contributed by atoms with Gasteiger partial charge in [0.05, 0.1) is 13.2 Å². The van der Waals surface area contributed by atoms with Crippen molar-refractivity contribution in [2.45, 2.75) is 6.04 Å². The van der Waals surface area contributed by atoms with Gasteiger partial charge in [0, 0.05) is 27.4 Å². The number of H-pyrrole nitrogens is 1. The first-order valence-corrected chi connectivity index (χ1v) is 11.5. The van der Waals surface area contributed by atoms with Crippen molar-refractivity contribution in [3.05, 3.63) is 119 Å². The van der Waals surface area contributed by atoms with Crippen LogP contribution in [0.25, 0.3) is 22.0 Å². The van der Waals surface area contributed by atoms with Crippen molar-refractivity contribution in [3.8, 4) is 22.6 Å². The van der Waals surface area contributed by atoms with Gasteiger partial charge < -0.3 is 20.1 Å². The number of amides is 1. The molecule has 0 radical (unpaired) electrons.